The molecule has 0 spiro atoms. The summed E-state index contributed by atoms with van der Waals surface area (Å²) in [4.78, 5) is 11.5. The molecule has 0 aliphatic carbocycles. The van der Waals surface area contributed by atoms with Crippen molar-refractivity contribution in [3.63, 3.8) is 0 Å². The first-order chi connectivity index (χ1) is 13.6. The van der Waals surface area contributed by atoms with E-state index in [-0.39, 0.29) is 11.1 Å². The lowest BCUT2D eigenvalue weighted by Crippen LogP contribution is -2.44. The maximum Gasteiger partial charge on any atom is 0.384 e. The van der Waals surface area contributed by atoms with Gasteiger partial charge in [-0.25, -0.2) is 4.79 Å². The van der Waals surface area contributed by atoms with E-state index in [4.69, 9.17) is 18.6 Å². The molecular formula is C23H36O5Si. The van der Waals surface area contributed by atoms with Crippen LogP contribution >= 0.6 is 0 Å². The van der Waals surface area contributed by atoms with Crippen LogP contribution in [-0.2, 0) is 25.3 Å². The van der Waals surface area contributed by atoms with Gasteiger partial charge in [0.1, 0.15) is 5.75 Å². The van der Waals surface area contributed by atoms with Gasteiger partial charge in [-0.2, -0.15) is 0 Å². The van der Waals surface area contributed by atoms with Crippen LogP contribution in [-0.4, -0.2) is 40.7 Å². The van der Waals surface area contributed by atoms with E-state index in [9.17, 15) is 4.79 Å². The summed E-state index contributed by atoms with van der Waals surface area (Å²) in [6.07, 6.45) is 1.13. The lowest BCUT2D eigenvalue weighted by Gasteiger charge is -2.39. The second-order valence-electron chi connectivity index (χ2n) is 8.42. The van der Waals surface area contributed by atoms with E-state index < -0.39 is 14.3 Å². The smallest absolute Gasteiger partial charge is 0.384 e. The fourth-order valence-electron chi connectivity index (χ4n) is 2.33. The van der Waals surface area contributed by atoms with Crippen molar-refractivity contribution in [3.8, 4) is 17.6 Å². The maximum absolute atomic E-state index is 11.5. The molecule has 1 atom stereocenters. The van der Waals surface area contributed by atoms with Crippen LogP contribution in [0.1, 0.15) is 46.1 Å². The highest BCUT2D eigenvalue weighted by Gasteiger charge is 2.38. The topological polar surface area (TPSA) is 54.0 Å². The van der Waals surface area contributed by atoms with Gasteiger partial charge in [0.05, 0.1) is 26.4 Å². The summed E-state index contributed by atoms with van der Waals surface area (Å²) in [5, 5.41) is 0.101. The predicted octanol–water partition coefficient (Wildman–Crippen LogP) is 4.95. The van der Waals surface area contributed by atoms with E-state index in [1.807, 2.05) is 24.3 Å². The van der Waals surface area contributed by atoms with Crippen molar-refractivity contribution < 1.29 is 23.4 Å². The Hall–Kier alpha value is -1.81. The molecule has 29 heavy (non-hydrogen) atoms. The zero-order valence-electron chi connectivity index (χ0n) is 19.0. The molecule has 162 valence electrons. The Balaban J connectivity index is 2.63. The van der Waals surface area contributed by atoms with Crippen LogP contribution in [0.25, 0.3) is 0 Å². The SMILES string of the molecule is CCOC(=O)C#CC[C@H](CCOCc1ccc(OC)cc1)O[Si](C)(C)C(C)(C)C. The molecular weight excluding hydrogens is 384 g/mol. The molecule has 0 unspecified atom stereocenters. The molecule has 0 N–H and O–H groups in total. The summed E-state index contributed by atoms with van der Waals surface area (Å²) in [6.45, 7) is 14.3. The Morgan fingerprint density at radius 3 is 2.38 bits per heavy atom. The molecule has 0 fully saturated rings. The largest absolute Gasteiger partial charge is 0.497 e. The van der Waals surface area contributed by atoms with Crippen molar-refractivity contribution in [2.24, 2.45) is 0 Å². The van der Waals surface area contributed by atoms with Crippen molar-refractivity contribution in [2.45, 2.75) is 71.4 Å². The number of rotatable bonds is 10. The van der Waals surface area contributed by atoms with E-state index in [1.165, 1.54) is 0 Å². The van der Waals surface area contributed by atoms with Crippen LogP contribution in [0, 0.1) is 11.8 Å². The van der Waals surface area contributed by atoms with E-state index >= 15 is 0 Å². The average molecular weight is 421 g/mol. The molecule has 0 aliphatic heterocycles. The number of methoxy groups -OCH3 is 1. The molecule has 5 nitrogen and oxygen atoms in total. The Bertz CT molecular complexity index is 680. The summed E-state index contributed by atoms with van der Waals surface area (Å²) in [5.41, 5.74) is 1.09. The minimum atomic E-state index is -1.95. The highest BCUT2D eigenvalue weighted by atomic mass is 28.4. The summed E-state index contributed by atoms with van der Waals surface area (Å²) in [5.74, 6) is 5.79. The van der Waals surface area contributed by atoms with Gasteiger partial charge in [0.25, 0.3) is 0 Å². The van der Waals surface area contributed by atoms with Crippen LogP contribution in [0.15, 0.2) is 24.3 Å². The molecule has 0 saturated carbocycles. The standard InChI is InChI=1S/C23H36O5Si/c1-8-27-22(24)11-9-10-21(28-29(6,7)23(2,3)4)16-17-26-18-19-12-14-20(25-5)15-13-19/h12-15,21H,8,10,16-18H2,1-7H3/t21-/m1/s1. The van der Waals surface area contributed by atoms with Crippen LogP contribution in [0.2, 0.25) is 18.1 Å². The fourth-order valence-corrected chi connectivity index (χ4v) is 3.71. The summed E-state index contributed by atoms with van der Waals surface area (Å²) >= 11 is 0. The summed E-state index contributed by atoms with van der Waals surface area (Å²) in [6, 6.07) is 7.83. The van der Waals surface area contributed by atoms with Crippen LogP contribution in [0.3, 0.4) is 0 Å². The van der Waals surface area contributed by atoms with Crippen LogP contribution in [0.4, 0.5) is 0 Å². The fraction of sp³-hybridized carbons (Fsp3) is 0.609. The third-order valence-corrected chi connectivity index (χ3v) is 9.61. The molecule has 0 aromatic heterocycles. The molecule has 0 aliphatic rings. The number of esters is 1. The molecule has 0 bridgehead atoms. The van der Waals surface area contributed by atoms with Gasteiger partial charge in [0, 0.05) is 18.9 Å². The average Bonchev–Trinajstić information content (AvgIpc) is 2.64. The van der Waals surface area contributed by atoms with Crippen molar-refractivity contribution >= 4 is 14.3 Å². The number of carbonyl (C=O) groups is 1. The minimum Gasteiger partial charge on any atom is -0.497 e. The van der Waals surface area contributed by atoms with Crippen molar-refractivity contribution in [2.75, 3.05) is 20.3 Å². The molecule has 0 heterocycles. The van der Waals surface area contributed by atoms with E-state index in [0.29, 0.717) is 26.2 Å². The molecule has 1 aromatic rings. The summed E-state index contributed by atoms with van der Waals surface area (Å²) < 4.78 is 22.4. The normalized spacial score (nSPS) is 12.7. The molecule has 1 aromatic carbocycles. The molecule has 6 heteroatoms. The third kappa shape index (κ3) is 9.49. The zero-order valence-corrected chi connectivity index (χ0v) is 20.0. The van der Waals surface area contributed by atoms with Crippen LogP contribution < -0.4 is 4.74 Å². The number of benzene rings is 1. The number of ether oxygens (including phenoxy) is 3. The minimum absolute atomic E-state index is 0.0753. The van der Waals surface area contributed by atoms with Gasteiger partial charge >= 0.3 is 5.97 Å². The van der Waals surface area contributed by atoms with E-state index in [1.54, 1.807) is 14.0 Å². The van der Waals surface area contributed by atoms with E-state index in [0.717, 1.165) is 17.7 Å². The maximum atomic E-state index is 11.5. The van der Waals surface area contributed by atoms with Gasteiger partial charge in [-0.1, -0.05) is 38.8 Å². The van der Waals surface area contributed by atoms with Gasteiger partial charge in [-0.05, 0) is 49.2 Å². The van der Waals surface area contributed by atoms with E-state index in [2.05, 4.69) is 45.7 Å². The predicted molar refractivity (Wildman–Crippen MR) is 118 cm³/mol. The van der Waals surface area contributed by atoms with Crippen molar-refractivity contribution in [1.82, 2.24) is 0 Å². The first-order valence-electron chi connectivity index (χ1n) is 10.1. The lowest BCUT2D eigenvalue weighted by atomic mass is 10.2. The molecule has 0 amide bonds. The Labute approximate surface area is 177 Å². The van der Waals surface area contributed by atoms with Gasteiger partial charge in [0.15, 0.2) is 8.32 Å². The van der Waals surface area contributed by atoms with Gasteiger partial charge < -0.3 is 18.6 Å². The van der Waals surface area contributed by atoms with Crippen molar-refractivity contribution in [1.29, 1.82) is 0 Å². The quantitative estimate of drug-likeness (QED) is 0.176. The second-order valence-corrected chi connectivity index (χ2v) is 13.2. The first-order valence-corrected chi connectivity index (χ1v) is 13.0. The summed E-state index contributed by atoms with van der Waals surface area (Å²) in [7, 11) is -0.297. The highest BCUT2D eigenvalue weighted by Crippen LogP contribution is 2.38. The van der Waals surface area contributed by atoms with Gasteiger partial charge in [-0.15, -0.1) is 0 Å². The van der Waals surface area contributed by atoms with Gasteiger partial charge in [-0.3, -0.25) is 0 Å². The second kappa shape index (κ2) is 12.0. The molecule has 0 saturated heterocycles. The highest BCUT2D eigenvalue weighted by molar-refractivity contribution is 6.74. The zero-order chi connectivity index (χ0) is 21.9. The monoisotopic (exact) mass is 420 g/mol. The van der Waals surface area contributed by atoms with Crippen LogP contribution in [0.5, 0.6) is 5.75 Å². The Morgan fingerprint density at radius 1 is 1.17 bits per heavy atom. The van der Waals surface area contributed by atoms with Gasteiger partial charge in [0.2, 0.25) is 0 Å². The third-order valence-electron chi connectivity index (χ3n) is 5.08. The number of carbonyl (C=O) groups excluding carboxylic acids is 1. The lowest BCUT2D eigenvalue weighted by molar-refractivity contribution is -0.136. The Morgan fingerprint density at radius 2 is 1.83 bits per heavy atom. The number of hydrogen-bond acceptors (Lipinski definition) is 5. The van der Waals surface area contributed by atoms with Crippen molar-refractivity contribution in [3.05, 3.63) is 29.8 Å². The molecule has 0 radical (unpaired) electrons. The Kier molecular flexibility index (Phi) is 10.4. The molecule has 1 rings (SSSR count). The number of hydrogen-bond donors (Lipinski definition) is 0. The first kappa shape index (κ1) is 25.2.